The van der Waals surface area contributed by atoms with Gasteiger partial charge in [0.25, 0.3) is 0 Å². The first kappa shape index (κ1) is 6.55. The predicted octanol–water partition coefficient (Wildman–Crippen LogP) is 0.372. The number of oxime groups is 1. The molecule has 1 rings (SSSR count). The zero-order chi connectivity index (χ0) is 6.53. The average molecular weight is 128 g/mol. The third-order valence-corrected chi connectivity index (χ3v) is 1.15. The molecule has 0 bridgehead atoms. The van der Waals surface area contributed by atoms with Crippen molar-refractivity contribution >= 4 is 5.71 Å². The summed E-state index contributed by atoms with van der Waals surface area (Å²) in [7, 11) is 0. The van der Waals surface area contributed by atoms with Gasteiger partial charge in [0.1, 0.15) is 6.61 Å². The van der Waals surface area contributed by atoms with Gasteiger partial charge in [0.15, 0.2) is 0 Å². The number of nitrogens with one attached hydrogen (secondary N) is 1. The van der Waals surface area contributed by atoms with Crippen LogP contribution in [0.3, 0.4) is 0 Å². The summed E-state index contributed by atoms with van der Waals surface area (Å²) in [5.74, 6) is 0. The fourth-order valence-corrected chi connectivity index (χ4v) is 0.530. The molecule has 0 saturated carbocycles. The highest BCUT2D eigenvalue weighted by molar-refractivity contribution is 5.92. The van der Waals surface area contributed by atoms with Crippen LogP contribution in [0.15, 0.2) is 5.16 Å². The van der Waals surface area contributed by atoms with E-state index in [-0.39, 0.29) is 0 Å². The maximum absolute atomic E-state index is 4.93. The first-order chi connectivity index (χ1) is 4.43. The van der Waals surface area contributed by atoms with Gasteiger partial charge in [-0.15, -0.1) is 0 Å². The minimum atomic E-state index is 0.740. The van der Waals surface area contributed by atoms with Gasteiger partial charge < -0.3 is 10.2 Å². The summed E-state index contributed by atoms with van der Waals surface area (Å²) in [5, 5.41) is 6.95. The van der Waals surface area contributed by atoms with Gasteiger partial charge in [0.05, 0.1) is 5.71 Å². The highest BCUT2D eigenvalue weighted by Crippen LogP contribution is 1.88. The second-order valence-electron chi connectivity index (χ2n) is 2.09. The second kappa shape index (κ2) is 3.45. The SMILES string of the molecule is CCCON=C1CNC1. The van der Waals surface area contributed by atoms with E-state index in [4.69, 9.17) is 4.84 Å². The molecule has 0 spiro atoms. The van der Waals surface area contributed by atoms with Crippen LogP contribution in [-0.4, -0.2) is 25.4 Å². The van der Waals surface area contributed by atoms with Crippen LogP contribution >= 0.6 is 0 Å². The highest BCUT2D eigenvalue weighted by atomic mass is 16.6. The molecule has 52 valence electrons. The highest BCUT2D eigenvalue weighted by Gasteiger charge is 2.08. The maximum atomic E-state index is 4.93. The van der Waals surface area contributed by atoms with Crippen LogP contribution in [0.4, 0.5) is 0 Å². The van der Waals surface area contributed by atoms with Crippen LogP contribution in [-0.2, 0) is 4.84 Å². The molecule has 1 saturated heterocycles. The van der Waals surface area contributed by atoms with Crippen LogP contribution in [0.5, 0.6) is 0 Å². The van der Waals surface area contributed by atoms with Crippen molar-refractivity contribution in [1.82, 2.24) is 5.32 Å². The molecule has 3 heteroatoms. The molecular formula is C6H12N2O. The van der Waals surface area contributed by atoms with Gasteiger partial charge in [0, 0.05) is 13.1 Å². The second-order valence-corrected chi connectivity index (χ2v) is 2.09. The summed E-state index contributed by atoms with van der Waals surface area (Å²) in [5.41, 5.74) is 1.13. The molecule has 1 aliphatic heterocycles. The summed E-state index contributed by atoms with van der Waals surface area (Å²) < 4.78 is 0. The normalized spacial score (nSPS) is 16.8. The van der Waals surface area contributed by atoms with E-state index in [9.17, 15) is 0 Å². The molecule has 0 aliphatic carbocycles. The molecule has 9 heavy (non-hydrogen) atoms. The average Bonchev–Trinajstić information content (AvgIpc) is 1.76. The minimum Gasteiger partial charge on any atom is -0.396 e. The quantitative estimate of drug-likeness (QED) is 0.440. The first-order valence-corrected chi connectivity index (χ1v) is 3.32. The van der Waals surface area contributed by atoms with Crippen LogP contribution in [0.2, 0.25) is 0 Å². The molecule has 0 unspecified atom stereocenters. The van der Waals surface area contributed by atoms with E-state index in [1.165, 1.54) is 0 Å². The fraction of sp³-hybridized carbons (Fsp3) is 0.833. The molecule has 0 atom stereocenters. The van der Waals surface area contributed by atoms with E-state index in [1.807, 2.05) is 0 Å². The molecule has 0 aromatic heterocycles. The lowest BCUT2D eigenvalue weighted by Crippen LogP contribution is -2.42. The largest absolute Gasteiger partial charge is 0.396 e. The molecule has 1 heterocycles. The van der Waals surface area contributed by atoms with Crippen LogP contribution < -0.4 is 5.32 Å². The van der Waals surface area contributed by atoms with Crippen LogP contribution in [0.25, 0.3) is 0 Å². The smallest absolute Gasteiger partial charge is 0.116 e. The number of nitrogens with zero attached hydrogens (tertiary/aromatic N) is 1. The van der Waals surface area contributed by atoms with E-state index in [0.29, 0.717) is 0 Å². The Hall–Kier alpha value is -0.570. The summed E-state index contributed by atoms with van der Waals surface area (Å²) in [6.45, 7) is 4.62. The fourth-order valence-electron chi connectivity index (χ4n) is 0.530. The van der Waals surface area contributed by atoms with Crippen molar-refractivity contribution in [3.63, 3.8) is 0 Å². The molecule has 0 aromatic rings. The molecule has 1 N–H and O–H groups in total. The Morgan fingerprint density at radius 2 is 2.44 bits per heavy atom. The monoisotopic (exact) mass is 128 g/mol. The van der Waals surface area contributed by atoms with Crippen molar-refractivity contribution in [3.8, 4) is 0 Å². The lowest BCUT2D eigenvalue weighted by molar-refractivity contribution is 0.143. The van der Waals surface area contributed by atoms with Crippen LogP contribution in [0, 0.1) is 0 Å². The Balaban J connectivity index is 2.01. The van der Waals surface area contributed by atoms with E-state index in [1.54, 1.807) is 0 Å². The molecular weight excluding hydrogens is 116 g/mol. The number of hydrogen-bond acceptors (Lipinski definition) is 3. The van der Waals surface area contributed by atoms with E-state index in [2.05, 4.69) is 17.4 Å². The molecule has 3 nitrogen and oxygen atoms in total. The van der Waals surface area contributed by atoms with Gasteiger partial charge in [-0.3, -0.25) is 0 Å². The van der Waals surface area contributed by atoms with Gasteiger partial charge in [-0.2, -0.15) is 0 Å². The molecule has 0 amide bonds. The lowest BCUT2D eigenvalue weighted by Gasteiger charge is -2.15. The van der Waals surface area contributed by atoms with Crippen molar-refractivity contribution in [2.24, 2.45) is 5.16 Å². The van der Waals surface area contributed by atoms with Gasteiger partial charge in [-0.1, -0.05) is 12.1 Å². The molecule has 0 radical (unpaired) electrons. The Morgan fingerprint density at radius 1 is 1.67 bits per heavy atom. The first-order valence-electron chi connectivity index (χ1n) is 3.32. The summed E-state index contributed by atoms with van der Waals surface area (Å²) in [6.07, 6.45) is 1.03. The van der Waals surface area contributed by atoms with Crippen molar-refractivity contribution in [3.05, 3.63) is 0 Å². The van der Waals surface area contributed by atoms with E-state index in [0.717, 1.165) is 31.8 Å². The molecule has 1 aliphatic rings. The predicted molar refractivity (Wildman–Crippen MR) is 36.5 cm³/mol. The van der Waals surface area contributed by atoms with Gasteiger partial charge in [-0.25, -0.2) is 0 Å². The summed E-state index contributed by atoms with van der Waals surface area (Å²) in [4.78, 5) is 4.93. The molecule has 1 fully saturated rings. The Labute approximate surface area is 55.1 Å². The zero-order valence-electron chi connectivity index (χ0n) is 5.68. The maximum Gasteiger partial charge on any atom is 0.116 e. The standard InChI is InChI=1S/C6H12N2O/c1-2-3-9-8-6-4-7-5-6/h7H,2-5H2,1H3. The number of hydrogen-bond donors (Lipinski definition) is 1. The summed E-state index contributed by atoms with van der Waals surface area (Å²) in [6, 6.07) is 0. The number of rotatable bonds is 3. The third kappa shape index (κ3) is 2.01. The van der Waals surface area contributed by atoms with E-state index >= 15 is 0 Å². The van der Waals surface area contributed by atoms with Crippen molar-refractivity contribution in [2.45, 2.75) is 13.3 Å². The lowest BCUT2D eigenvalue weighted by atomic mass is 10.2. The minimum absolute atomic E-state index is 0.740. The zero-order valence-corrected chi connectivity index (χ0v) is 5.68. The van der Waals surface area contributed by atoms with Crippen molar-refractivity contribution in [1.29, 1.82) is 0 Å². The Kier molecular flexibility index (Phi) is 2.51. The Bertz CT molecular complexity index is 106. The van der Waals surface area contributed by atoms with Gasteiger partial charge >= 0.3 is 0 Å². The Morgan fingerprint density at radius 3 is 2.89 bits per heavy atom. The van der Waals surface area contributed by atoms with Crippen molar-refractivity contribution < 1.29 is 4.84 Å². The van der Waals surface area contributed by atoms with Gasteiger partial charge in [0.2, 0.25) is 0 Å². The van der Waals surface area contributed by atoms with Crippen molar-refractivity contribution in [2.75, 3.05) is 19.7 Å². The van der Waals surface area contributed by atoms with Crippen LogP contribution in [0.1, 0.15) is 13.3 Å². The summed E-state index contributed by atoms with van der Waals surface area (Å²) >= 11 is 0. The topological polar surface area (TPSA) is 33.6 Å². The molecule has 0 aromatic carbocycles. The third-order valence-electron chi connectivity index (χ3n) is 1.15. The van der Waals surface area contributed by atoms with E-state index < -0.39 is 0 Å². The van der Waals surface area contributed by atoms with Gasteiger partial charge in [-0.05, 0) is 6.42 Å².